The average Bonchev–Trinajstić information content (AvgIpc) is 3.13. The number of rotatable bonds is 7. The van der Waals surface area contributed by atoms with Gasteiger partial charge in [0.1, 0.15) is 19.4 Å². The van der Waals surface area contributed by atoms with Crippen molar-refractivity contribution in [3.63, 3.8) is 0 Å². The summed E-state index contributed by atoms with van der Waals surface area (Å²) in [6.07, 6.45) is 13.5. The third-order valence-corrected chi connectivity index (χ3v) is 8.50. The first-order chi connectivity index (χ1) is 16.6. The first-order valence-electron chi connectivity index (χ1n) is 13.0. The number of Topliss-reactive ketones (excluding diaryl/α,β-unsaturated/α-hetero) is 1. The Labute approximate surface area is 214 Å². The number of hydrogen-bond donors (Lipinski definition) is 0. The maximum atomic E-state index is 13.9. The van der Waals surface area contributed by atoms with Crippen LogP contribution >= 0.6 is 0 Å². The Morgan fingerprint density at radius 1 is 0.971 bits per heavy atom. The Bertz CT molecular complexity index is 985. The summed E-state index contributed by atoms with van der Waals surface area (Å²) in [6, 6.07) is 10.3. The quantitative estimate of drug-likeness (QED) is 0.325. The van der Waals surface area contributed by atoms with Crippen LogP contribution in [0.15, 0.2) is 49.1 Å². The zero-order valence-electron chi connectivity index (χ0n) is 20.4. The van der Waals surface area contributed by atoms with E-state index in [0.29, 0.717) is 18.9 Å². The highest BCUT2D eigenvalue weighted by Crippen LogP contribution is 2.42. The SMILES string of the molecule is O=C(Cc1cncnc1)C[N+]12CCC(CC1)[C@@H](OC(=O)C1(c3ccccc3)CCCCCC1)C2.[Cl-]. The number of ketones is 1. The molecular weight excluding hydrogens is 462 g/mol. The van der Waals surface area contributed by atoms with E-state index in [2.05, 4.69) is 22.1 Å². The van der Waals surface area contributed by atoms with Gasteiger partial charge in [-0.25, -0.2) is 9.97 Å². The summed E-state index contributed by atoms with van der Waals surface area (Å²) >= 11 is 0. The molecule has 0 N–H and O–H groups in total. The molecule has 1 atom stereocenters. The molecule has 1 saturated carbocycles. The summed E-state index contributed by atoms with van der Waals surface area (Å²) in [5, 5.41) is 0. The van der Waals surface area contributed by atoms with Gasteiger partial charge in [-0.05, 0) is 24.0 Å². The molecule has 4 heterocycles. The second-order valence-electron chi connectivity index (χ2n) is 10.7. The summed E-state index contributed by atoms with van der Waals surface area (Å²) in [6.45, 7) is 3.26. The van der Waals surface area contributed by atoms with E-state index < -0.39 is 5.41 Å². The van der Waals surface area contributed by atoms with Gasteiger partial charge in [0.15, 0.2) is 11.9 Å². The molecule has 0 spiro atoms. The number of aromatic nitrogens is 2. The van der Waals surface area contributed by atoms with Crippen molar-refractivity contribution in [2.24, 2.45) is 5.92 Å². The largest absolute Gasteiger partial charge is 1.00 e. The van der Waals surface area contributed by atoms with Crippen molar-refractivity contribution < 1.29 is 31.2 Å². The maximum absolute atomic E-state index is 13.9. The zero-order chi connectivity index (χ0) is 23.4. The fourth-order valence-corrected chi connectivity index (χ4v) is 6.61. The Morgan fingerprint density at radius 3 is 2.29 bits per heavy atom. The fourth-order valence-electron chi connectivity index (χ4n) is 6.61. The van der Waals surface area contributed by atoms with Crippen LogP contribution in [0.5, 0.6) is 0 Å². The number of esters is 1. The molecule has 2 bridgehead atoms. The zero-order valence-corrected chi connectivity index (χ0v) is 21.2. The first-order valence-corrected chi connectivity index (χ1v) is 13.0. The third-order valence-electron chi connectivity index (χ3n) is 8.50. The summed E-state index contributed by atoms with van der Waals surface area (Å²) < 4.78 is 7.17. The molecular formula is C28H36ClN3O3. The van der Waals surface area contributed by atoms with Gasteiger partial charge in [-0.2, -0.15) is 0 Å². The number of carbonyl (C=O) groups is 2. The van der Waals surface area contributed by atoms with Crippen LogP contribution < -0.4 is 12.4 Å². The number of nitrogens with zero attached hydrogens (tertiary/aromatic N) is 3. The number of halogens is 1. The van der Waals surface area contributed by atoms with Gasteiger partial charge in [-0.15, -0.1) is 0 Å². The van der Waals surface area contributed by atoms with Crippen LogP contribution in [0.2, 0.25) is 0 Å². The number of piperidine rings is 3. The van der Waals surface area contributed by atoms with Crippen molar-refractivity contribution in [3.8, 4) is 0 Å². The summed E-state index contributed by atoms with van der Waals surface area (Å²) in [5.74, 6) is 0.593. The molecule has 3 aliphatic heterocycles. The van der Waals surface area contributed by atoms with Gasteiger partial charge < -0.3 is 21.6 Å². The lowest BCUT2D eigenvalue weighted by molar-refractivity contribution is -0.939. The maximum Gasteiger partial charge on any atom is 0.317 e. The van der Waals surface area contributed by atoms with Crippen molar-refractivity contribution in [1.29, 1.82) is 0 Å². The summed E-state index contributed by atoms with van der Waals surface area (Å²) in [7, 11) is 0. The van der Waals surface area contributed by atoms with Crippen LogP contribution in [0.3, 0.4) is 0 Å². The van der Waals surface area contributed by atoms with E-state index in [1.807, 2.05) is 18.2 Å². The van der Waals surface area contributed by atoms with Crippen molar-refractivity contribution in [1.82, 2.24) is 9.97 Å². The molecule has 0 unspecified atom stereocenters. The van der Waals surface area contributed by atoms with Gasteiger partial charge in [0, 0.05) is 37.6 Å². The van der Waals surface area contributed by atoms with Crippen LogP contribution in [-0.2, 0) is 26.2 Å². The monoisotopic (exact) mass is 497 g/mol. The highest BCUT2D eigenvalue weighted by Gasteiger charge is 2.50. The van der Waals surface area contributed by atoms with Gasteiger partial charge in [-0.1, -0.05) is 56.0 Å². The topological polar surface area (TPSA) is 69.2 Å². The second-order valence-corrected chi connectivity index (χ2v) is 10.7. The van der Waals surface area contributed by atoms with Crippen LogP contribution in [-0.4, -0.2) is 58.5 Å². The van der Waals surface area contributed by atoms with E-state index in [9.17, 15) is 9.59 Å². The summed E-state index contributed by atoms with van der Waals surface area (Å²) in [5.41, 5.74) is 1.43. The molecule has 1 aromatic heterocycles. The highest BCUT2D eigenvalue weighted by molar-refractivity contribution is 5.83. The number of benzene rings is 1. The van der Waals surface area contributed by atoms with Crippen molar-refractivity contribution in [2.45, 2.75) is 69.3 Å². The highest BCUT2D eigenvalue weighted by atomic mass is 35.5. The number of ether oxygens (including phenoxy) is 1. The lowest BCUT2D eigenvalue weighted by Gasteiger charge is -2.52. The molecule has 1 aliphatic carbocycles. The van der Waals surface area contributed by atoms with E-state index in [4.69, 9.17) is 4.74 Å². The van der Waals surface area contributed by atoms with Crippen LogP contribution in [0, 0.1) is 5.92 Å². The smallest absolute Gasteiger partial charge is 0.317 e. The molecule has 6 nitrogen and oxygen atoms in total. The Morgan fingerprint density at radius 2 is 1.63 bits per heavy atom. The normalized spacial score (nSPS) is 27.3. The Kier molecular flexibility index (Phi) is 8.23. The van der Waals surface area contributed by atoms with E-state index >= 15 is 0 Å². The van der Waals surface area contributed by atoms with E-state index in [1.54, 1.807) is 12.4 Å². The van der Waals surface area contributed by atoms with Gasteiger partial charge >= 0.3 is 5.97 Å². The Balaban J connectivity index is 0.00000289. The van der Waals surface area contributed by atoms with Crippen LogP contribution in [0.25, 0.3) is 0 Å². The predicted octanol–water partition coefficient (Wildman–Crippen LogP) is 1.04. The van der Waals surface area contributed by atoms with Crippen molar-refractivity contribution >= 4 is 11.8 Å². The molecule has 188 valence electrons. The van der Waals surface area contributed by atoms with E-state index in [0.717, 1.165) is 73.8 Å². The second kappa shape index (κ2) is 11.2. The molecule has 35 heavy (non-hydrogen) atoms. The minimum absolute atomic E-state index is 0. The van der Waals surface area contributed by atoms with Crippen LogP contribution in [0.1, 0.15) is 62.5 Å². The summed E-state index contributed by atoms with van der Waals surface area (Å²) in [4.78, 5) is 34.9. The molecule has 1 aromatic carbocycles. The predicted molar refractivity (Wildman–Crippen MR) is 129 cm³/mol. The van der Waals surface area contributed by atoms with E-state index in [-0.39, 0.29) is 30.3 Å². The molecule has 0 amide bonds. The van der Waals surface area contributed by atoms with Gasteiger partial charge in [-0.3, -0.25) is 9.59 Å². The minimum Gasteiger partial charge on any atom is -1.00 e. The first kappa shape index (κ1) is 25.8. The lowest BCUT2D eigenvalue weighted by atomic mass is 9.74. The standard InChI is InChI=1S/C28H36N3O3.ClH/c32-25(16-22-17-29-21-30-18-22)19-31-14-10-23(11-15-31)26(20-31)34-27(33)28(12-6-1-2-7-13-28)24-8-4-3-5-9-24;/h3-5,8-9,17-18,21,23,26H,1-2,6-7,10-16,19-20H2;1H/q+1;/p-1/t23?,26-,31?;/m0./s1. The van der Waals surface area contributed by atoms with Gasteiger partial charge in [0.05, 0.1) is 18.5 Å². The van der Waals surface area contributed by atoms with Crippen LogP contribution in [0.4, 0.5) is 0 Å². The molecule has 2 aromatic rings. The van der Waals surface area contributed by atoms with E-state index in [1.165, 1.54) is 19.2 Å². The molecule has 4 aliphatic rings. The number of quaternary nitrogens is 1. The minimum atomic E-state index is -0.530. The molecule has 7 heteroatoms. The van der Waals surface area contributed by atoms with Gasteiger partial charge in [0.2, 0.25) is 0 Å². The van der Waals surface area contributed by atoms with Gasteiger partial charge in [0.25, 0.3) is 0 Å². The molecule has 6 rings (SSSR count). The number of fused-ring (bicyclic) bond motifs is 3. The molecule has 3 saturated heterocycles. The third kappa shape index (κ3) is 5.59. The van der Waals surface area contributed by atoms with Crippen molar-refractivity contribution in [2.75, 3.05) is 26.2 Å². The Hall–Kier alpha value is -2.31. The lowest BCUT2D eigenvalue weighted by Crippen LogP contribution is -3.00. The number of carbonyl (C=O) groups excluding carboxylic acids is 2. The number of hydrogen-bond acceptors (Lipinski definition) is 5. The van der Waals surface area contributed by atoms with Crippen molar-refractivity contribution in [3.05, 3.63) is 60.2 Å². The average molecular weight is 498 g/mol. The molecule has 0 radical (unpaired) electrons. The molecule has 4 fully saturated rings. The fraction of sp³-hybridized carbons (Fsp3) is 0.571.